The number of furan rings is 1. The quantitative estimate of drug-likeness (QED) is 0.108. The van der Waals surface area contributed by atoms with Crippen LogP contribution in [0.1, 0.15) is 23.0 Å². The van der Waals surface area contributed by atoms with Gasteiger partial charge in [0.1, 0.15) is 5.58 Å². The van der Waals surface area contributed by atoms with Gasteiger partial charge in [-0.05, 0) is 13.0 Å². The number of hydrogen-bond acceptors (Lipinski definition) is 8. The number of non-ortho nitro benzene ring substituents is 1. The number of rotatable bonds is 9. The largest absolute Gasteiger partial charge is 0.460 e. The van der Waals surface area contributed by atoms with E-state index in [1.165, 1.54) is 23.9 Å². The summed E-state index contributed by atoms with van der Waals surface area (Å²) in [6, 6.07) is 13.6. The third-order valence-corrected chi connectivity index (χ3v) is 5.84. The van der Waals surface area contributed by atoms with Crippen LogP contribution in [0, 0.1) is 10.1 Å². The number of carbonyl (C=O) groups is 1. The van der Waals surface area contributed by atoms with Crippen LogP contribution in [-0.4, -0.2) is 32.3 Å². The van der Waals surface area contributed by atoms with Gasteiger partial charge in [-0.1, -0.05) is 48.2 Å². The smallest absolute Gasteiger partial charge is 0.374 e. The maximum atomic E-state index is 12.5. The molecule has 0 aliphatic rings. The first-order valence-corrected chi connectivity index (χ1v) is 11.1. The van der Waals surface area contributed by atoms with E-state index in [1.54, 1.807) is 31.2 Å². The minimum absolute atomic E-state index is 0.0289. The highest BCUT2D eigenvalue weighted by Crippen LogP contribution is 2.33. The van der Waals surface area contributed by atoms with Gasteiger partial charge in [-0.2, -0.15) is 0 Å². The van der Waals surface area contributed by atoms with Crippen LogP contribution in [0.2, 0.25) is 0 Å². The molecule has 0 saturated carbocycles. The van der Waals surface area contributed by atoms with Crippen molar-refractivity contribution in [3.05, 3.63) is 82.6 Å². The summed E-state index contributed by atoms with van der Waals surface area (Å²) >= 11 is 1.38. The van der Waals surface area contributed by atoms with Crippen molar-refractivity contribution < 1.29 is 18.9 Å². The minimum Gasteiger partial charge on any atom is -0.460 e. The molecule has 10 heteroatoms. The van der Waals surface area contributed by atoms with E-state index in [2.05, 4.69) is 16.8 Å². The van der Waals surface area contributed by atoms with Gasteiger partial charge in [-0.25, -0.2) is 4.79 Å². The zero-order valence-corrected chi connectivity index (χ0v) is 18.6. The van der Waals surface area contributed by atoms with Crippen LogP contribution in [0.5, 0.6) is 0 Å². The van der Waals surface area contributed by atoms with Crippen LogP contribution in [0.3, 0.4) is 0 Å². The third-order valence-electron chi connectivity index (χ3n) is 4.85. The normalized spacial score (nSPS) is 10.9. The number of nitro groups is 1. The standard InChI is InChI=1S/C23H20N4O5S/c1-3-12-26-21(15-8-7-9-16(13-15)27(29)30)24-25-23(26)33-14-18-17-10-5-6-11-19(17)32-20(18)22(28)31-4-2/h3,5-11,13H,1,4,12,14H2,2H3. The summed E-state index contributed by atoms with van der Waals surface area (Å²) in [6.45, 7) is 6.18. The van der Waals surface area contributed by atoms with Gasteiger partial charge in [0, 0.05) is 40.9 Å². The molecule has 0 N–H and O–H groups in total. The molecule has 4 aromatic rings. The van der Waals surface area contributed by atoms with Crippen molar-refractivity contribution in [1.29, 1.82) is 0 Å². The van der Waals surface area contributed by atoms with Crippen molar-refractivity contribution in [1.82, 2.24) is 14.8 Å². The first-order valence-electron chi connectivity index (χ1n) is 10.1. The molecule has 0 saturated heterocycles. The van der Waals surface area contributed by atoms with Gasteiger partial charge in [0.25, 0.3) is 5.69 Å². The van der Waals surface area contributed by atoms with Gasteiger partial charge in [0.2, 0.25) is 5.76 Å². The fourth-order valence-corrected chi connectivity index (χ4v) is 4.38. The molecule has 168 valence electrons. The number of allylic oxidation sites excluding steroid dienone is 1. The Morgan fingerprint density at radius 2 is 2.09 bits per heavy atom. The summed E-state index contributed by atoms with van der Waals surface area (Å²) in [5.74, 6) is 0.521. The first-order chi connectivity index (χ1) is 16.0. The van der Waals surface area contributed by atoms with Crippen LogP contribution < -0.4 is 0 Å². The third kappa shape index (κ3) is 4.51. The van der Waals surface area contributed by atoms with E-state index in [1.807, 2.05) is 22.8 Å². The molecule has 0 fully saturated rings. The Morgan fingerprint density at radius 1 is 1.27 bits per heavy atom. The highest BCUT2D eigenvalue weighted by molar-refractivity contribution is 7.98. The van der Waals surface area contributed by atoms with Gasteiger partial charge < -0.3 is 9.15 Å². The van der Waals surface area contributed by atoms with Gasteiger partial charge >= 0.3 is 5.97 Å². The number of hydrogen-bond donors (Lipinski definition) is 0. The average molecular weight is 465 g/mol. The Morgan fingerprint density at radius 3 is 2.85 bits per heavy atom. The highest BCUT2D eigenvalue weighted by atomic mass is 32.2. The van der Waals surface area contributed by atoms with Gasteiger partial charge in [-0.15, -0.1) is 16.8 Å². The number of nitrogens with zero attached hydrogens (tertiary/aromatic N) is 4. The summed E-state index contributed by atoms with van der Waals surface area (Å²) in [5.41, 5.74) is 1.85. The first kappa shape index (κ1) is 22.3. The van der Waals surface area contributed by atoms with Crippen molar-refractivity contribution in [2.24, 2.45) is 0 Å². The number of carbonyl (C=O) groups excluding carboxylic acids is 1. The molecule has 9 nitrogen and oxygen atoms in total. The zero-order chi connectivity index (χ0) is 23.4. The number of ether oxygens (including phenoxy) is 1. The molecule has 0 bridgehead atoms. The van der Waals surface area contributed by atoms with Gasteiger partial charge in [0.15, 0.2) is 11.0 Å². The van der Waals surface area contributed by atoms with Crippen molar-refractivity contribution in [3.63, 3.8) is 0 Å². The molecule has 0 aliphatic carbocycles. The molecule has 0 amide bonds. The van der Waals surface area contributed by atoms with Gasteiger partial charge in [-0.3, -0.25) is 14.7 Å². The molecule has 2 heterocycles. The minimum atomic E-state index is -0.519. The number of thioether (sulfide) groups is 1. The number of esters is 1. The predicted molar refractivity (Wildman–Crippen MR) is 124 cm³/mol. The topological polar surface area (TPSA) is 113 Å². The van der Waals surface area contributed by atoms with E-state index < -0.39 is 10.9 Å². The monoisotopic (exact) mass is 464 g/mol. The van der Waals surface area contributed by atoms with Crippen molar-refractivity contribution in [3.8, 4) is 11.4 Å². The number of aromatic nitrogens is 3. The molecule has 0 atom stereocenters. The molecule has 0 aliphatic heterocycles. The van der Waals surface area contributed by atoms with Crippen LogP contribution in [0.25, 0.3) is 22.4 Å². The molecule has 33 heavy (non-hydrogen) atoms. The number of para-hydroxylation sites is 1. The average Bonchev–Trinajstić information content (AvgIpc) is 3.39. The molecule has 0 spiro atoms. The van der Waals surface area contributed by atoms with Crippen LogP contribution in [0.4, 0.5) is 5.69 Å². The summed E-state index contributed by atoms with van der Waals surface area (Å²) in [6.07, 6.45) is 1.70. The fraction of sp³-hybridized carbons (Fsp3) is 0.174. The Balaban J connectivity index is 1.69. The van der Waals surface area contributed by atoms with E-state index in [4.69, 9.17) is 9.15 Å². The SMILES string of the molecule is C=CCn1c(SCc2c(C(=O)OCC)oc3ccccc23)nnc1-c1cccc([N+](=O)[O-])c1. The fourth-order valence-electron chi connectivity index (χ4n) is 3.40. The van der Waals surface area contributed by atoms with E-state index >= 15 is 0 Å². The molecular weight excluding hydrogens is 444 g/mol. The lowest BCUT2D eigenvalue weighted by Gasteiger charge is -2.08. The second-order valence-electron chi connectivity index (χ2n) is 6.93. The van der Waals surface area contributed by atoms with Crippen LogP contribution in [-0.2, 0) is 17.0 Å². The molecule has 4 rings (SSSR count). The van der Waals surface area contributed by atoms with Gasteiger partial charge in [0.05, 0.1) is 11.5 Å². The Kier molecular flexibility index (Phi) is 6.55. The lowest BCUT2D eigenvalue weighted by molar-refractivity contribution is -0.384. The summed E-state index contributed by atoms with van der Waals surface area (Å²) in [4.78, 5) is 23.2. The Bertz CT molecular complexity index is 1340. The Hall–Kier alpha value is -3.92. The second-order valence-corrected chi connectivity index (χ2v) is 7.87. The van der Waals surface area contributed by atoms with E-state index in [9.17, 15) is 14.9 Å². The number of fused-ring (bicyclic) bond motifs is 1. The molecule has 2 aromatic heterocycles. The number of benzene rings is 2. The van der Waals surface area contributed by atoms with E-state index in [-0.39, 0.29) is 18.1 Å². The van der Waals surface area contributed by atoms with E-state index in [0.29, 0.717) is 40.0 Å². The lowest BCUT2D eigenvalue weighted by atomic mass is 10.1. The zero-order valence-electron chi connectivity index (χ0n) is 17.8. The highest BCUT2D eigenvalue weighted by Gasteiger charge is 2.23. The van der Waals surface area contributed by atoms with Crippen LogP contribution in [0.15, 0.2) is 70.8 Å². The number of nitro benzene ring substituents is 1. The second kappa shape index (κ2) is 9.70. The molecular formula is C23H20N4O5S. The maximum Gasteiger partial charge on any atom is 0.374 e. The molecule has 2 aromatic carbocycles. The predicted octanol–water partition coefficient (Wildman–Crippen LogP) is 5.25. The maximum absolute atomic E-state index is 12.5. The lowest BCUT2D eigenvalue weighted by Crippen LogP contribution is -2.06. The van der Waals surface area contributed by atoms with Crippen molar-refractivity contribution in [2.75, 3.05) is 6.61 Å². The van der Waals surface area contributed by atoms with Crippen molar-refractivity contribution in [2.45, 2.75) is 24.4 Å². The van der Waals surface area contributed by atoms with Crippen molar-refractivity contribution >= 4 is 34.4 Å². The summed E-state index contributed by atoms with van der Waals surface area (Å²) in [5, 5.41) is 21.1. The molecule has 0 radical (unpaired) electrons. The Labute approximate surface area is 193 Å². The van der Waals surface area contributed by atoms with Crippen LogP contribution >= 0.6 is 11.8 Å². The van der Waals surface area contributed by atoms with E-state index in [0.717, 1.165) is 5.39 Å². The summed E-state index contributed by atoms with van der Waals surface area (Å²) in [7, 11) is 0. The molecule has 0 unspecified atom stereocenters. The summed E-state index contributed by atoms with van der Waals surface area (Å²) < 4.78 is 12.8.